The SMILES string of the molecule is CC(C)(C)C1CCC[C@H]2O[C@H]12. The number of epoxide rings is 1. The van der Waals surface area contributed by atoms with Gasteiger partial charge in [0.2, 0.25) is 0 Å². The molecule has 64 valence electrons. The second kappa shape index (κ2) is 2.22. The molecule has 1 saturated heterocycles. The fourth-order valence-corrected chi connectivity index (χ4v) is 2.37. The van der Waals surface area contributed by atoms with Crippen LogP contribution in [0.5, 0.6) is 0 Å². The van der Waals surface area contributed by atoms with Crippen molar-refractivity contribution in [1.82, 2.24) is 0 Å². The summed E-state index contributed by atoms with van der Waals surface area (Å²) in [5, 5.41) is 0. The van der Waals surface area contributed by atoms with E-state index in [2.05, 4.69) is 20.8 Å². The van der Waals surface area contributed by atoms with Crippen molar-refractivity contribution in [1.29, 1.82) is 0 Å². The van der Waals surface area contributed by atoms with E-state index in [-0.39, 0.29) is 0 Å². The molecular formula is C10H18O. The Kier molecular flexibility index (Phi) is 1.54. The van der Waals surface area contributed by atoms with E-state index in [1.807, 2.05) is 0 Å². The van der Waals surface area contributed by atoms with Crippen molar-refractivity contribution < 1.29 is 4.74 Å². The fraction of sp³-hybridized carbons (Fsp3) is 1.00. The van der Waals surface area contributed by atoms with Crippen molar-refractivity contribution in [3.63, 3.8) is 0 Å². The lowest BCUT2D eigenvalue weighted by molar-refractivity contribution is 0.172. The third kappa shape index (κ3) is 1.31. The first kappa shape index (κ1) is 7.60. The molecule has 1 heterocycles. The molecule has 2 fully saturated rings. The lowest BCUT2D eigenvalue weighted by atomic mass is 9.72. The van der Waals surface area contributed by atoms with Crippen LogP contribution in [0.15, 0.2) is 0 Å². The molecule has 1 nitrogen and oxygen atoms in total. The summed E-state index contributed by atoms with van der Waals surface area (Å²) in [4.78, 5) is 0. The third-order valence-corrected chi connectivity index (χ3v) is 3.13. The molecule has 1 aliphatic carbocycles. The molecule has 1 heteroatoms. The van der Waals surface area contributed by atoms with E-state index >= 15 is 0 Å². The molecular weight excluding hydrogens is 136 g/mol. The van der Waals surface area contributed by atoms with Crippen LogP contribution in [0.2, 0.25) is 0 Å². The Labute approximate surface area is 69.1 Å². The molecule has 0 bridgehead atoms. The van der Waals surface area contributed by atoms with Crippen molar-refractivity contribution in [2.45, 2.75) is 52.2 Å². The van der Waals surface area contributed by atoms with Gasteiger partial charge in [-0.3, -0.25) is 0 Å². The molecule has 0 aromatic rings. The molecule has 1 saturated carbocycles. The largest absolute Gasteiger partial charge is 0.369 e. The normalized spacial score (nSPS) is 43.4. The van der Waals surface area contributed by atoms with Crippen LogP contribution in [0, 0.1) is 11.3 Å². The average Bonchev–Trinajstić information content (AvgIpc) is 2.60. The summed E-state index contributed by atoms with van der Waals surface area (Å²) in [5.41, 5.74) is 0.458. The van der Waals surface area contributed by atoms with Crippen LogP contribution in [0.3, 0.4) is 0 Å². The molecule has 0 aromatic heterocycles. The number of ether oxygens (including phenoxy) is 1. The predicted octanol–water partition coefficient (Wildman–Crippen LogP) is 2.60. The fourth-order valence-electron chi connectivity index (χ4n) is 2.37. The number of rotatable bonds is 0. The van der Waals surface area contributed by atoms with Gasteiger partial charge >= 0.3 is 0 Å². The summed E-state index contributed by atoms with van der Waals surface area (Å²) in [6.45, 7) is 7.01. The van der Waals surface area contributed by atoms with E-state index in [4.69, 9.17) is 4.74 Å². The van der Waals surface area contributed by atoms with Crippen LogP contribution >= 0.6 is 0 Å². The zero-order valence-corrected chi connectivity index (χ0v) is 7.76. The molecule has 2 aliphatic rings. The van der Waals surface area contributed by atoms with Gasteiger partial charge in [0.15, 0.2) is 0 Å². The summed E-state index contributed by atoms with van der Waals surface area (Å²) >= 11 is 0. The van der Waals surface area contributed by atoms with Crippen molar-refractivity contribution in [2.75, 3.05) is 0 Å². The van der Waals surface area contributed by atoms with E-state index in [1.54, 1.807) is 0 Å². The first-order chi connectivity index (χ1) is 5.09. The highest BCUT2D eigenvalue weighted by atomic mass is 16.6. The molecule has 3 atom stereocenters. The topological polar surface area (TPSA) is 12.5 Å². The van der Waals surface area contributed by atoms with Gasteiger partial charge in [-0.05, 0) is 24.2 Å². The maximum atomic E-state index is 5.62. The Hall–Kier alpha value is -0.0400. The van der Waals surface area contributed by atoms with Crippen LogP contribution in [0.25, 0.3) is 0 Å². The summed E-state index contributed by atoms with van der Waals surface area (Å²) in [7, 11) is 0. The van der Waals surface area contributed by atoms with Crippen molar-refractivity contribution in [3.05, 3.63) is 0 Å². The van der Waals surface area contributed by atoms with E-state index in [0.29, 0.717) is 17.6 Å². The number of hydrogen-bond acceptors (Lipinski definition) is 1. The Morgan fingerprint density at radius 2 is 1.91 bits per heavy atom. The van der Waals surface area contributed by atoms with E-state index in [0.717, 1.165) is 5.92 Å². The molecule has 1 unspecified atom stereocenters. The summed E-state index contributed by atoms with van der Waals surface area (Å²) < 4.78 is 5.62. The summed E-state index contributed by atoms with van der Waals surface area (Å²) in [5.74, 6) is 0.821. The van der Waals surface area contributed by atoms with Gasteiger partial charge in [-0.15, -0.1) is 0 Å². The van der Waals surface area contributed by atoms with Gasteiger partial charge in [0, 0.05) is 0 Å². The highest BCUT2D eigenvalue weighted by Crippen LogP contribution is 2.48. The minimum Gasteiger partial charge on any atom is -0.369 e. The predicted molar refractivity (Wildman–Crippen MR) is 45.5 cm³/mol. The highest BCUT2D eigenvalue weighted by molar-refractivity contribution is 4.98. The maximum Gasteiger partial charge on any atom is 0.0874 e. The second-order valence-electron chi connectivity index (χ2n) is 5.04. The summed E-state index contributed by atoms with van der Waals surface area (Å²) in [6, 6.07) is 0. The molecule has 0 radical (unpaired) electrons. The summed E-state index contributed by atoms with van der Waals surface area (Å²) in [6.07, 6.45) is 5.35. The van der Waals surface area contributed by atoms with E-state index < -0.39 is 0 Å². The van der Waals surface area contributed by atoms with Crippen LogP contribution in [-0.2, 0) is 4.74 Å². The first-order valence-electron chi connectivity index (χ1n) is 4.74. The molecule has 2 rings (SSSR count). The lowest BCUT2D eigenvalue weighted by Crippen LogP contribution is -2.29. The Morgan fingerprint density at radius 1 is 1.18 bits per heavy atom. The molecule has 0 aromatic carbocycles. The van der Waals surface area contributed by atoms with Crippen molar-refractivity contribution in [2.24, 2.45) is 11.3 Å². The van der Waals surface area contributed by atoms with Crippen LogP contribution in [-0.4, -0.2) is 12.2 Å². The Bertz CT molecular complexity index is 157. The third-order valence-electron chi connectivity index (χ3n) is 3.13. The van der Waals surface area contributed by atoms with Gasteiger partial charge in [0.1, 0.15) is 0 Å². The van der Waals surface area contributed by atoms with Gasteiger partial charge in [-0.2, -0.15) is 0 Å². The van der Waals surface area contributed by atoms with Crippen molar-refractivity contribution >= 4 is 0 Å². The maximum absolute atomic E-state index is 5.62. The standard InChI is InChI=1S/C10H18O/c1-10(2,3)7-5-4-6-8-9(7)11-8/h7-9H,4-6H2,1-3H3/t7?,8-,9-/m1/s1. The zero-order chi connectivity index (χ0) is 8.06. The molecule has 0 spiro atoms. The first-order valence-corrected chi connectivity index (χ1v) is 4.74. The quantitative estimate of drug-likeness (QED) is 0.489. The van der Waals surface area contributed by atoms with Crippen molar-refractivity contribution in [3.8, 4) is 0 Å². The van der Waals surface area contributed by atoms with Gasteiger partial charge in [-0.1, -0.05) is 27.2 Å². The Balaban J connectivity index is 2.03. The minimum absolute atomic E-state index is 0.458. The van der Waals surface area contributed by atoms with Gasteiger partial charge in [0.25, 0.3) is 0 Å². The molecule has 1 aliphatic heterocycles. The highest BCUT2D eigenvalue weighted by Gasteiger charge is 2.50. The lowest BCUT2D eigenvalue weighted by Gasteiger charge is -2.31. The smallest absolute Gasteiger partial charge is 0.0874 e. The number of fused-ring (bicyclic) bond motifs is 1. The van der Waals surface area contributed by atoms with Gasteiger partial charge < -0.3 is 4.74 Å². The molecule has 11 heavy (non-hydrogen) atoms. The molecule has 0 amide bonds. The van der Waals surface area contributed by atoms with E-state index in [1.165, 1.54) is 19.3 Å². The van der Waals surface area contributed by atoms with Crippen LogP contribution in [0.1, 0.15) is 40.0 Å². The monoisotopic (exact) mass is 154 g/mol. The Morgan fingerprint density at radius 3 is 2.45 bits per heavy atom. The second-order valence-corrected chi connectivity index (χ2v) is 5.04. The minimum atomic E-state index is 0.458. The van der Waals surface area contributed by atoms with Crippen LogP contribution < -0.4 is 0 Å². The van der Waals surface area contributed by atoms with E-state index in [9.17, 15) is 0 Å². The van der Waals surface area contributed by atoms with Gasteiger partial charge in [-0.25, -0.2) is 0 Å². The molecule has 0 N–H and O–H groups in total. The van der Waals surface area contributed by atoms with Gasteiger partial charge in [0.05, 0.1) is 12.2 Å². The number of hydrogen-bond donors (Lipinski definition) is 0. The average molecular weight is 154 g/mol. The van der Waals surface area contributed by atoms with Crippen LogP contribution in [0.4, 0.5) is 0 Å². The zero-order valence-electron chi connectivity index (χ0n) is 7.76.